The van der Waals surface area contributed by atoms with Crippen molar-refractivity contribution in [2.45, 2.75) is 37.6 Å². The van der Waals surface area contributed by atoms with Gasteiger partial charge in [-0.15, -0.1) is 6.42 Å². The quantitative estimate of drug-likeness (QED) is 0.473. The van der Waals surface area contributed by atoms with Gasteiger partial charge in [-0.1, -0.05) is 5.92 Å². The number of terminal acetylenes is 1. The second kappa shape index (κ2) is 4.73. The van der Waals surface area contributed by atoms with Crippen LogP contribution in [0, 0.1) is 12.3 Å². The number of hydrogen-bond acceptors (Lipinski definition) is 5. The molecule has 5 atom stereocenters. The summed E-state index contributed by atoms with van der Waals surface area (Å²) in [6.45, 7) is 1.56. The van der Waals surface area contributed by atoms with E-state index >= 15 is 0 Å². The third-order valence-electron chi connectivity index (χ3n) is 2.14. The Morgan fingerprint density at radius 3 is 2.50 bits per heavy atom. The van der Waals surface area contributed by atoms with Crippen LogP contribution in [0.15, 0.2) is 0 Å². The van der Waals surface area contributed by atoms with Crippen LogP contribution in [0.2, 0.25) is 0 Å². The fourth-order valence-electron chi connectivity index (χ4n) is 1.28. The summed E-state index contributed by atoms with van der Waals surface area (Å²) < 4.78 is 10.1. The molecule has 5 nitrogen and oxygen atoms in total. The van der Waals surface area contributed by atoms with Crippen molar-refractivity contribution in [3.8, 4) is 12.3 Å². The van der Waals surface area contributed by atoms with Crippen molar-refractivity contribution in [2.75, 3.05) is 6.61 Å². The van der Waals surface area contributed by atoms with E-state index in [4.69, 9.17) is 15.9 Å². The van der Waals surface area contributed by atoms with Crippen LogP contribution in [-0.4, -0.2) is 52.6 Å². The number of hydrogen-bond donors (Lipinski definition) is 3. The van der Waals surface area contributed by atoms with Crippen LogP contribution in [0.25, 0.3) is 0 Å². The van der Waals surface area contributed by atoms with Crippen molar-refractivity contribution in [2.24, 2.45) is 0 Å². The van der Waals surface area contributed by atoms with E-state index in [0.717, 1.165) is 0 Å². The van der Waals surface area contributed by atoms with Gasteiger partial charge < -0.3 is 24.8 Å². The minimum Gasteiger partial charge on any atom is -0.388 e. The molecule has 0 amide bonds. The largest absolute Gasteiger partial charge is 0.388 e. The van der Waals surface area contributed by atoms with Crippen molar-refractivity contribution in [1.29, 1.82) is 0 Å². The monoisotopic (exact) mass is 202 g/mol. The Balaban J connectivity index is 2.57. The smallest absolute Gasteiger partial charge is 0.187 e. The molecular formula is C9H14O5. The van der Waals surface area contributed by atoms with E-state index in [1.165, 1.54) is 0 Å². The molecule has 1 aliphatic rings. The highest BCUT2D eigenvalue weighted by atomic mass is 16.7. The maximum atomic E-state index is 9.42. The van der Waals surface area contributed by atoms with Crippen LogP contribution in [0.4, 0.5) is 0 Å². The molecule has 1 rings (SSSR count). The van der Waals surface area contributed by atoms with Gasteiger partial charge in [0.15, 0.2) is 6.29 Å². The van der Waals surface area contributed by atoms with E-state index in [0.29, 0.717) is 0 Å². The Morgan fingerprint density at radius 2 is 1.93 bits per heavy atom. The average molecular weight is 202 g/mol. The van der Waals surface area contributed by atoms with Crippen molar-refractivity contribution in [3.05, 3.63) is 0 Å². The molecule has 0 aromatic carbocycles. The highest BCUT2D eigenvalue weighted by Crippen LogP contribution is 2.21. The van der Waals surface area contributed by atoms with Gasteiger partial charge in [-0.2, -0.15) is 0 Å². The Kier molecular flexibility index (Phi) is 3.86. The summed E-state index contributed by atoms with van der Waals surface area (Å²) >= 11 is 0. The van der Waals surface area contributed by atoms with E-state index in [2.05, 4.69) is 5.92 Å². The van der Waals surface area contributed by atoms with E-state index in [1.54, 1.807) is 6.92 Å². The fourth-order valence-corrected chi connectivity index (χ4v) is 1.28. The molecule has 0 radical (unpaired) electrons. The molecule has 2 unspecified atom stereocenters. The maximum Gasteiger partial charge on any atom is 0.187 e. The zero-order valence-electron chi connectivity index (χ0n) is 7.83. The van der Waals surface area contributed by atoms with Gasteiger partial charge in [-0.3, -0.25) is 0 Å². The Labute approximate surface area is 82.3 Å². The summed E-state index contributed by atoms with van der Waals surface area (Å²) in [7, 11) is 0. The molecule has 0 bridgehead atoms. The van der Waals surface area contributed by atoms with Gasteiger partial charge in [-0.05, 0) is 6.92 Å². The van der Waals surface area contributed by atoms with E-state index in [9.17, 15) is 15.3 Å². The number of ether oxygens (including phenoxy) is 2. The normalized spacial score (nSPS) is 43.2. The van der Waals surface area contributed by atoms with E-state index < -0.39 is 30.7 Å². The Bertz CT molecular complexity index is 224. The zero-order valence-corrected chi connectivity index (χ0v) is 7.83. The van der Waals surface area contributed by atoms with Crippen LogP contribution in [0.5, 0.6) is 0 Å². The number of rotatable bonds is 2. The topological polar surface area (TPSA) is 79.2 Å². The summed E-state index contributed by atoms with van der Waals surface area (Å²) in [4.78, 5) is 0. The molecule has 0 aromatic heterocycles. The summed E-state index contributed by atoms with van der Waals surface area (Å²) in [5.74, 6) is 2.22. The molecular weight excluding hydrogens is 188 g/mol. The average Bonchev–Trinajstić information content (AvgIpc) is 2.18. The minimum absolute atomic E-state index is 0.0166. The van der Waals surface area contributed by atoms with Crippen LogP contribution in [0.3, 0.4) is 0 Å². The number of aliphatic hydroxyl groups excluding tert-OH is 3. The number of aliphatic hydroxyl groups is 3. The zero-order chi connectivity index (χ0) is 10.7. The molecule has 0 spiro atoms. The first-order chi connectivity index (χ1) is 6.57. The molecule has 0 aliphatic carbocycles. The van der Waals surface area contributed by atoms with Crippen molar-refractivity contribution in [3.63, 3.8) is 0 Å². The Hall–Kier alpha value is -0.640. The van der Waals surface area contributed by atoms with Gasteiger partial charge in [0.2, 0.25) is 0 Å². The fraction of sp³-hybridized carbons (Fsp3) is 0.778. The summed E-state index contributed by atoms with van der Waals surface area (Å²) in [6.07, 6.45) is -0.298. The molecule has 1 fully saturated rings. The molecule has 5 heteroatoms. The minimum atomic E-state index is -1.28. The first kappa shape index (κ1) is 11.4. The van der Waals surface area contributed by atoms with Crippen LogP contribution in [-0.2, 0) is 9.47 Å². The third-order valence-corrected chi connectivity index (χ3v) is 2.14. The van der Waals surface area contributed by atoms with Gasteiger partial charge in [0, 0.05) is 0 Å². The van der Waals surface area contributed by atoms with Crippen LogP contribution in [0.1, 0.15) is 6.92 Å². The van der Waals surface area contributed by atoms with E-state index in [1.807, 2.05) is 0 Å². The predicted octanol–water partition coefficient (Wildman–Crippen LogP) is -1.54. The van der Waals surface area contributed by atoms with Crippen molar-refractivity contribution >= 4 is 0 Å². The molecule has 14 heavy (non-hydrogen) atoms. The molecule has 0 aromatic rings. The van der Waals surface area contributed by atoms with Crippen LogP contribution >= 0.6 is 0 Å². The molecule has 0 saturated carbocycles. The molecule has 1 saturated heterocycles. The molecule has 1 heterocycles. The second-order valence-corrected chi connectivity index (χ2v) is 3.20. The molecule has 3 N–H and O–H groups in total. The maximum absolute atomic E-state index is 9.42. The first-order valence-corrected chi connectivity index (χ1v) is 4.32. The highest BCUT2D eigenvalue weighted by Gasteiger charge is 2.42. The molecule has 80 valence electrons. The lowest BCUT2D eigenvalue weighted by molar-refractivity contribution is -0.289. The lowest BCUT2D eigenvalue weighted by atomic mass is 10.0. The lowest BCUT2D eigenvalue weighted by Gasteiger charge is -2.38. The third kappa shape index (κ3) is 2.23. The lowest BCUT2D eigenvalue weighted by Crippen LogP contribution is -2.57. The van der Waals surface area contributed by atoms with Crippen LogP contribution < -0.4 is 0 Å². The van der Waals surface area contributed by atoms with Gasteiger partial charge in [-0.25, -0.2) is 0 Å². The summed E-state index contributed by atoms with van der Waals surface area (Å²) in [5.41, 5.74) is 0. The summed E-state index contributed by atoms with van der Waals surface area (Å²) in [6, 6.07) is 0. The first-order valence-electron chi connectivity index (χ1n) is 4.32. The second-order valence-electron chi connectivity index (χ2n) is 3.20. The molecule has 1 aliphatic heterocycles. The van der Waals surface area contributed by atoms with Gasteiger partial charge in [0.1, 0.15) is 24.9 Å². The van der Waals surface area contributed by atoms with Crippen molar-refractivity contribution in [1.82, 2.24) is 0 Å². The van der Waals surface area contributed by atoms with Gasteiger partial charge in [0.25, 0.3) is 0 Å². The standard InChI is InChI=1S/C9H14O5/c1-3-4-13-9-8(12)7(11)6(10)5(2)14-9/h1,5-12H,4H2,2H3/t5?,6-,7?,8-,9+/m0/s1. The van der Waals surface area contributed by atoms with E-state index in [-0.39, 0.29) is 6.61 Å². The SMILES string of the molecule is C#CCO[C@@H]1OC(C)[C@H](O)C(O)[C@@H]1O. The Morgan fingerprint density at radius 1 is 1.29 bits per heavy atom. The predicted molar refractivity (Wildman–Crippen MR) is 47.1 cm³/mol. The summed E-state index contributed by atoms with van der Waals surface area (Å²) in [5, 5.41) is 28.1. The van der Waals surface area contributed by atoms with Gasteiger partial charge in [0.05, 0.1) is 6.10 Å². The van der Waals surface area contributed by atoms with Crippen molar-refractivity contribution < 1.29 is 24.8 Å². The van der Waals surface area contributed by atoms with Gasteiger partial charge >= 0.3 is 0 Å². The highest BCUT2D eigenvalue weighted by molar-refractivity contribution is 4.89.